The summed E-state index contributed by atoms with van der Waals surface area (Å²) in [4.78, 5) is 23.8. The Labute approximate surface area is 160 Å². The van der Waals surface area contributed by atoms with E-state index in [1.54, 1.807) is 36.4 Å². The Bertz CT molecular complexity index is 804. The highest BCUT2D eigenvalue weighted by molar-refractivity contribution is 9.10. The van der Waals surface area contributed by atoms with Gasteiger partial charge in [0, 0.05) is 27.7 Å². The molecule has 0 aliphatic heterocycles. The minimum atomic E-state index is -0.389. The van der Waals surface area contributed by atoms with Crippen molar-refractivity contribution < 1.29 is 14.7 Å². The third-order valence-electron chi connectivity index (χ3n) is 3.55. The van der Waals surface area contributed by atoms with Crippen LogP contribution in [0.3, 0.4) is 0 Å². The summed E-state index contributed by atoms with van der Waals surface area (Å²) in [6.07, 6.45) is 3.65. The van der Waals surface area contributed by atoms with Crippen LogP contribution in [0.4, 0.5) is 5.69 Å². The van der Waals surface area contributed by atoms with Gasteiger partial charge in [0.05, 0.1) is 6.21 Å². The predicted octanol–water partition coefficient (Wildman–Crippen LogP) is 4.05. The topological polar surface area (TPSA) is 90.8 Å². The number of phenolic OH excluding ortho intramolecular Hbond substituents is 1. The van der Waals surface area contributed by atoms with Crippen LogP contribution in [0, 0.1) is 0 Å². The molecule has 136 valence electrons. The summed E-state index contributed by atoms with van der Waals surface area (Å²) in [5.41, 5.74) is 3.93. The lowest BCUT2D eigenvalue weighted by Crippen LogP contribution is -2.17. The van der Waals surface area contributed by atoms with E-state index in [4.69, 9.17) is 0 Å². The summed E-state index contributed by atoms with van der Waals surface area (Å²) in [7, 11) is 0. The molecule has 0 unspecified atom stereocenters. The first-order chi connectivity index (χ1) is 12.5. The summed E-state index contributed by atoms with van der Waals surface area (Å²) in [6, 6.07) is 11.5. The molecule has 0 aliphatic rings. The van der Waals surface area contributed by atoms with Gasteiger partial charge >= 0.3 is 0 Å². The van der Waals surface area contributed by atoms with E-state index < -0.39 is 0 Å². The average molecular weight is 418 g/mol. The lowest BCUT2D eigenvalue weighted by atomic mass is 10.2. The molecular formula is C19H20BrN3O3. The number of benzene rings is 2. The zero-order chi connectivity index (χ0) is 18.9. The summed E-state index contributed by atoms with van der Waals surface area (Å²) in [5, 5.41) is 16.4. The van der Waals surface area contributed by atoms with Gasteiger partial charge in [0.15, 0.2) is 0 Å². The van der Waals surface area contributed by atoms with E-state index in [2.05, 4.69) is 31.8 Å². The molecule has 2 amide bonds. The number of phenols is 1. The number of aromatic hydroxyl groups is 1. The zero-order valence-electron chi connectivity index (χ0n) is 14.3. The van der Waals surface area contributed by atoms with Crippen molar-refractivity contribution in [2.75, 3.05) is 5.32 Å². The van der Waals surface area contributed by atoms with Crippen molar-refractivity contribution in [1.82, 2.24) is 5.43 Å². The third kappa shape index (κ3) is 6.00. The molecule has 2 aromatic rings. The second-order valence-corrected chi connectivity index (χ2v) is 6.55. The average Bonchev–Trinajstić information content (AvgIpc) is 2.63. The second-order valence-electron chi connectivity index (χ2n) is 5.63. The molecule has 3 N–H and O–H groups in total. The van der Waals surface area contributed by atoms with Gasteiger partial charge in [-0.05, 0) is 48.9 Å². The number of nitrogens with one attached hydrogen (secondary N) is 2. The SMILES string of the molecule is CCCCC(=O)Nc1ccc(C(=O)NN=Cc2cc(Br)ccc2O)cc1. The number of rotatable bonds is 7. The molecule has 7 heteroatoms. The van der Waals surface area contributed by atoms with Gasteiger partial charge in [0.25, 0.3) is 5.91 Å². The van der Waals surface area contributed by atoms with Crippen molar-refractivity contribution in [1.29, 1.82) is 0 Å². The number of hydrazone groups is 1. The van der Waals surface area contributed by atoms with Crippen molar-refractivity contribution >= 4 is 39.6 Å². The smallest absolute Gasteiger partial charge is 0.271 e. The molecule has 0 saturated heterocycles. The Morgan fingerprint density at radius 1 is 1.19 bits per heavy atom. The van der Waals surface area contributed by atoms with Crippen molar-refractivity contribution in [2.24, 2.45) is 5.10 Å². The molecule has 0 heterocycles. The molecule has 0 atom stereocenters. The van der Waals surface area contributed by atoms with Crippen LogP contribution in [-0.2, 0) is 4.79 Å². The predicted molar refractivity (Wildman–Crippen MR) is 105 cm³/mol. The van der Waals surface area contributed by atoms with Crippen molar-refractivity contribution in [3.8, 4) is 5.75 Å². The summed E-state index contributed by atoms with van der Waals surface area (Å²) in [6.45, 7) is 2.03. The van der Waals surface area contributed by atoms with Gasteiger partial charge in [-0.3, -0.25) is 9.59 Å². The minimum Gasteiger partial charge on any atom is -0.507 e. The molecular weight excluding hydrogens is 398 g/mol. The number of halogens is 1. The normalized spacial score (nSPS) is 10.7. The maximum Gasteiger partial charge on any atom is 0.271 e. The summed E-state index contributed by atoms with van der Waals surface area (Å²) in [5.74, 6) is -0.364. The highest BCUT2D eigenvalue weighted by atomic mass is 79.9. The van der Waals surface area contributed by atoms with Crippen LogP contribution in [0.2, 0.25) is 0 Å². The Hall–Kier alpha value is -2.67. The summed E-state index contributed by atoms with van der Waals surface area (Å²) >= 11 is 3.30. The number of carbonyl (C=O) groups is 2. The van der Waals surface area contributed by atoms with E-state index in [9.17, 15) is 14.7 Å². The van der Waals surface area contributed by atoms with Crippen LogP contribution in [-0.4, -0.2) is 23.1 Å². The van der Waals surface area contributed by atoms with E-state index in [1.807, 2.05) is 6.92 Å². The molecule has 2 rings (SSSR count). The van der Waals surface area contributed by atoms with E-state index in [0.717, 1.165) is 17.3 Å². The van der Waals surface area contributed by atoms with Gasteiger partial charge in [0.1, 0.15) is 5.75 Å². The monoisotopic (exact) mass is 417 g/mol. The molecule has 6 nitrogen and oxygen atoms in total. The van der Waals surface area contributed by atoms with Gasteiger partial charge in [-0.2, -0.15) is 5.10 Å². The maximum atomic E-state index is 12.1. The fourth-order valence-corrected chi connectivity index (χ4v) is 2.50. The molecule has 0 aromatic heterocycles. The van der Waals surface area contributed by atoms with E-state index >= 15 is 0 Å². The molecule has 0 fully saturated rings. The van der Waals surface area contributed by atoms with Gasteiger partial charge < -0.3 is 10.4 Å². The number of anilines is 1. The second kappa shape index (κ2) is 9.72. The number of nitrogens with zero attached hydrogens (tertiary/aromatic N) is 1. The van der Waals surface area contributed by atoms with Gasteiger partial charge in [-0.15, -0.1) is 0 Å². The van der Waals surface area contributed by atoms with Crippen LogP contribution in [0.5, 0.6) is 5.75 Å². The lowest BCUT2D eigenvalue weighted by molar-refractivity contribution is -0.116. The van der Waals surface area contributed by atoms with Crippen LogP contribution < -0.4 is 10.7 Å². The number of hydrogen-bond acceptors (Lipinski definition) is 4. The van der Waals surface area contributed by atoms with Crippen LogP contribution in [0.25, 0.3) is 0 Å². The molecule has 26 heavy (non-hydrogen) atoms. The zero-order valence-corrected chi connectivity index (χ0v) is 15.9. The number of carbonyl (C=O) groups excluding carboxylic acids is 2. The molecule has 0 bridgehead atoms. The van der Waals surface area contributed by atoms with E-state index in [1.165, 1.54) is 12.3 Å². The van der Waals surface area contributed by atoms with E-state index in [-0.39, 0.29) is 17.6 Å². The third-order valence-corrected chi connectivity index (χ3v) is 4.04. The van der Waals surface area contributed by atoms with Crippen LogP contribution in [0.15, 0.2) is 52.0 Å². The van der Waals surface area contributed by atoms with Crippen LogP contribution in [0.1, 0.15) is 42.1 Å². The minimum absolute atomic E-state index is 0.0394. The van der Waals surface area contributed by atoms with Crippen LogP contribution >= 0.6 is 15.9 Å². The van der Waals surface area contributed by atoms with Gasteiger partial charge in [-0.25, -0.2) is 5.43 Å². The molecule has 0 saturated carbocycles. The Morgan fingerprint density at radius 3 is 2.62 bits per heavy atom. The quantitative estimate of drug-likeness (QED) is 0.468. The van der Waals surface area contributed by atoms with Crippen molar-refractivity contribution in [3.05, 3.63) is 58.1 Å². The maximum absolute atomic E-state index is 12.1. The molecule has 2 aromatic carbocycles. The fourth-order valence-electron chi connectivity index (χ4n) is 2.12. The molecule has 0 radical (unpaired) electrons. The van der Waals surface area contributed by atoms with E-state index in [0.29, 0.717) is 23.2 Å². The number of hydrogen-bond donors (Lipinski definition) is 3. The largest absolute Gasteiger partial charge is 0.507 e. The summed E-state index contributed by atoms with van der Waals surface area (Å²) < 4.78 is 0.791. The highest BCUT2D eigenvalue weighted by Crippen LogP contribution is 2.20. The molecule has 0 spiro atoms. The standard InChI is InChI=1S/C19H20BrN3O3/c1-2-3-4-18(25)22-16-8-5-13(6-9-16)19(26)23-21-12-14-11-15(20)7-10-17(14)24/h5-12,24H,2-4H2,1H3,(H,22,25)(H,23,26). The molecule has 0 aliphatic carbocycles. The van der Waals surface area contributed by atoms with Crippen molar-refractivity contribution in [2.45, 2.75) is 26.2 Å². The fraction of sp³-hybridized carbons (Fsp3) is 0.211. The first kappa shape index (κ1) is 19.7. The number of unbranched alkanes of at least 4 members (excludes halogenated alkanes) is 1. The lowest BCUT2D eigenvalue weighted by Gasteiger charge is -2.06. The Kier molecular flexibility index (Phi) is 7.35. The number of amides is 2. The Morgan fingerprint density at radius 2 is 1.92 bits per heavy atom. The van der Waals surface area contributed by atoms with Crippen molar-refractivity contribution in [3.63, 3.8) is 0 Å². The first-order valence-electron chi connectivity index (χ1n) is 8.21. The first-order valence-corrected chi connectivity index (χ1v) is 9.00. The Balaban J connectivity index is 1.92. The van der Waals surface area contributed by atoms with Gasteiger partial charge in [-0.1, -0.05) is 29.3 Å². The van der Waals surface area contributed by atoms with Gasteiger partial charge in [0.2, 0.25) is 5.91 Å². The highest BCUT2D eigenvalue weighted by Gasteiger charge is 2.06.